The van der Waals surface area contributed by atoms with E-state index in [2.05, 4.69) is 18.8 Å². The number of aryl methyl sites for hydroxylation is 1. The van der Waals surface area contributed by atoms with E-state index < -0.39 is 30.0 Å². The van der Waals surface area contributed by atoms with Gasteiger partial charge in [0.1, 0.15) is 0 Å². The third kappa shape index (κ3) is 8.01. The summed E-state index contributed by atoms with van der Waals surface area (Å²) in [5, 5.41) is 11.0. The van der Waals surface area contributed by atoms with Crippen LogP contribution in [0.15, 0.2) is 17.5 Å². The number of halogens is 2. The van der Waals surface area contributed by atoms with Gasteiger partial charge in [-0.15, -0.1) is 11.3 Å². The Bertz CT molecular complexity index is 716. The fourth-order valence-electron chi connectivity index (χ4n) is 1.99. The van der Waals surface area contributed by atoms with Crippen LogP contribution in [0.4, 0.5) is 8.78 Å². The predicted molar refractivity (Wildman–Crippen MR) is 101 cm³/mol. The summed E-state index contributed by atoms with van der Waals surface area (Å²) in [6, 6.07) is 2.26. The molecule has 0 amide bonds. The molecule has 150 valence electrons. The van der Waals surface area contributed by atoms with Crippen molar-refractivity contribution in [3.05, 3.63) is 34.2 Å². The van der Waals surface area contributed by atoms with Crippen molar-refractivity contribution in [2.45, 2.75) is 40.0 Å². The van der Waals surface area contributed by atoms with Crippen LogP contribution in [0.25, 0.3) is 11.3 Å². The Morgan fingerprint density at radius 3 is 2.52 bits per heavy atom. The summed E-state index contributed by atoms with van der Waals surface area (Å²) in [7, 11) is 0. The second-order valence-corrected chi connectivity index (χ2v) is 6.70. The summed E-state index contributed by atoms with van der Waals surface area (Å²) < 4.78 is 36.9. The zero-order valence-electron chi connectivity index (χ0n) is 15.8. The van der Waals surface area contributed by atoms with Crippen molar-refractivity contribution in [2.75, 3.05) is 19.8 Å². The second-order valence-electron chi connectivity index (χ2n) is 5.64. The lowest BCUT2D eigenvalue weighted by Crippen LogP contribution is -2.11. The lowest BCUT2D eigenvalue weighted by atomic mass is 10.1. The molecule has 0 atom stereocenters. The molecule has 8 heteroatoms. The van der Waals surface area contributed by atoms with Crippen molar-refractivity contribution in [3.8, 4) is 17.0 Å². The van der Waals surface area contributed by atoms with Gasteiger partial charge in [0.15, 0.2) is 18.2 Å². The zero-order chi connectivity index (χ0) is 20.2. The van der Waals surface area contributed by atoms with E-state index in [1.165, 1.54) is 30.2 Å². The number of unbranched alkanes of at least 4 members (excludes halogenated alkanes) is 1. The number of carbonyl (C=O) groups is 1. The quantitative estimate of drug-likeness (QED) is 0.594. The lowest BCUT2D eigenvalue weighted by Gasteiger charge is -2.10. The third-order valence-electron chi connectivity index (χ3n) is 3.28. The molecule has 1 aromatic heterocycles. The predicted octanol–water partition coefficient (Wildman–Crippen LogP) is 5.07. The van der Waals surface area contributed by atoms with Crippen LogP contribution in [0, 0.1) is 18.6 Å². The highest BCUT2D eigenvalue weighted by molar-refractivity contribution is 7.09. The number of carboxylic acids is 1. The summed E-state index contributed by atoms with van der Waals surface area (Å²) in [4.78, 5) is 14.6. The lowest BCUT2D eigenvalue weighted by molar-refractivity contribution is -0.139. The van der Waals surface area contributed by atoms with Crippen LogP contribution in [0.1, 0.15) is 38.1 Å². The fourth-order valence-corrected chi connectivity index (χ4v) is 2.60. The Morgan fingerprint density at radius 1 is 1.22 bits per heavy atom. The molecule has 0 radical (unpaired) electrons. The molecule has 1 N–H and O–H groups in total. The molecule has 0 fully saturated rings. The van der Waals surface area contributed by atoms with E-state index in [1.807, 2.05) is 0 Å². The molecule has 2 rings (SSSR count). The maximum Gasteiger partial charge on any atom is 0.341 e. The minimum atomic E-state index is -1.27. The summed E-state index contributed by atoms with van der Waals surface area (Å²) >= 11 is 1.34. The second kappa shape index (κ2) is 12.3. The standard InChI is InChI=1S/C12H9F2NO3S.C7H16O/c1-6-15-9(5-19-6)7-2-3-8(13)11(14)12(7)18-4-10(16)17;1-3-5-7-8-6-4-2/h2-3,5H,4H2,1H3,(H,16,17);3-7H2,1-2H3. The molecule has 0 aliphatic rings. The molecule has 0 saturated carbocycles. The fraction of sp³-hybridized carbons (Fsp3) is 0.474. The van der Waals surface area contributed by atoms with Crippen molar-refractivity contribution in [3.63, 3.8) is 0 Å². The van der Waals surface area contributed by atoms with Gasteiger partial charge in [0, 0.05) is 24.2 Å². The van der Waals surface area contributed by atoms with Crippen LogP contribution >= 0.6 is 11.3 Å². The van der Waals surface area contributed by atoms with E-state index in [9.17, 15) is 13.6 Å². The largest absolute Gasteiger partial charge is 0.479 e. The molecule has 1 heterocycles. The monoisotopic (exact) mass is 401 g/mol. The van der Waals surface area contributed by atoms with Gasteiger partial charge in [0.25, 0.3) is 0 Å². The van der Waals surface area contributed by atoms with Crippen molar-refractivity contribution in [1.29, 1.82) is 0 Å². The first-order valence-electron chi connectivity index (χ1n) is 8.73. The van der Waals surface area contributed by atoms with Crippen molar-refractivity contribution in [1.82, 2.24) is 4.98 Å². The number of nitrogens with zero attached hydrogens (tertiary/aromatic N) is 1. The van der Waals surface area contributed by atoms with Gasteiger partial charge in [-0.3, -0.25) is 0 Å². The maximum atomic E-state index is 13.7. The molecular formula is C19H25F2NO4S. The Balaban J connectivity index is 0.000000387. The Labute approximate surface area is 162 Å². The van der Waals surface area contributed by atoms with Gasteiger partial charge < -0.3 is 14.6 Å². The molecule has 5 nitrogen and oxygen atoms in total. The average molecular weight is 401 g/mol. The van der Waals surface area contributed by atoms with Crippen molar-refractivity contribution in [2.24, 2.45) is 0 Å². The van der Waals surface area contributed by atoms with Gasteiger partial charge in [0.05, 0.1) is 10.7 Å². The summed E-state index contributed by atoms with van der Waals surface area (Å²) in [6.07, 6.45) is 3.59. The molecule has 27 heavy (non-hydrogen) atoms. The van der Waals surface area contributed by atoms with E-state index in [4.69, 9.17) is 14.6 Å². The average Bonchev–Trinajstić information content (AvgIpc) is 3.06. The van der Waals surface area contributed by atoms with Gasteiger partial charge in [0.2, 0.25) is 5.82 Å². The first-order chi connectivity index (χ1) is 12.9. The molecule has 0 saturated heterocycles. The number of carboxylic acid groups (broad SMARTS) is 1. The summed E-state index contributed by atoms with van der Waals surface area (Å²) in [5.74, 6) is -4.03. The molecular weight excluding hydrogens is 376 g/mol. The smallest absolute Gasteiger partial charge is 0.341 e. The van der Waals surface area contributed by atoms with Gasteiger partial charge in [-0.2, -0.15) is 4.39 Å². The van der Waals surface area contributed by atoms with E-state index in [1.54, 1.807) is 12.3 Å². The number of aromatic nitrogens is 1. The SMILES string of the molecule is CCCCOCCC.Cc1nc(-c2ccc(F)c(F)c2OCC(=O)O)cs1. The number of hydrogen-bond donors (Lipinski definition) is 1. The normalized spacial score (nSPS) is 10.3. The molecule has 0 aliphatic carbocycles. The highest BCUT2D eigenvalue weighted by atomic mass is 32.1. The van der Waals surface area contributed by atoms with Crippen molar-refractivity contribution < 1.29 is 28.2 Å². The number of ether oxygens (including phenoxy) is 2. The Hall–Kier alpha value is -2.06. The minimum absolute atomic E-state index is 0.226. The van der Waals surface area contributed by atoms with Crippen LogP contribution in [0.5, 0.6) is 5.75 Å². The molecule has 2 aromatic rings. The third-order valence-corrected chi connectivity index (χ3v) is 4.05. The van der Waals surface area contributed by atoms with Crippen LogP contribution in [-0.4, -0.2) is 35.9 Å². The number of hydrogen-bond acceptors (Lipinski definition) is 5. The minimum Gasteiger partial charge on any atom is -0.479 e. The first kappa shape index (κ1) is 23.0. The number of benzene rings is 1. The molecule has 0 bridgehead atoms. The van der Waals surface area contributed by atoms with E-state index in [0.29, 0.717) is 5.69 Å². The first-order valence-corrected chi connectivity index (χ1v) is 9.61. The molecule has 0 aliphatic heterocycles. The van der Waals surface area contributed by atoms with E-state index in [0.717, 1.165) is 30.7 Å². The highest BCUT2D eigenvalue weighted by Gasteiger charge is 2.18. The molecule has 0 unspecified atom stereocenters. The maximum absolute atomic E-state index is 13.7. The number of aliphatic carboxylic acids is 1. The van der Waals surface area contributed by atoms with Crippen LogP contribution in [-0.2, 0) is 9.53 Å². The van der Waals surface area contributed by atoms with Crippen LogP contribution in [0.2, 0.25) is 0 Å². The topological polar surface area (TPSA) is 68.7 Å². The number of thiazole rings is 1. The summed E-state index contributed by atoms with van der Waals surface area (Å²) in [6.45, 7) is 7.20. The van der Waals surface area contributed by atoms with Crippen LogP contribution < -0.4 is 4.74 Å². The van der Waals surface area contributed by atoms with Gasteiger partial charge in [-0.1, -0.05) is 20.3 Å². The van der Waals surface area contributed by atoms with E-state index in [-0.39, 0.29) is 5.56 Å². The Morgan fingerprint density at radius 2 is 1.96 bits per heavy atom. The number of rotatable bonds is 9. The van der Waals surface area contributed by atoms with Gasteiger partial charge in [-0.25, -0.2) is 14.2 Å². The van der Waals surface area contributed by atoms with E-state index >= 15 is 0 Å². The zero-order valence-corrected chi connectivity index (χ0v) is 16.6. The van der Waals surface area contributed by atoms with Crippen molar-refractivity contribution >= 4 is 17.3 Å². The highest BCUT2D eigenvalue weighted by Crippen LogP contribution is 2.34. The summed E-state index contributed by atoms with van der Waals surface area (Å²) in [5.41, 5.74) is 0.645. The Kier molecular flexibility index (Phi) is 10.5. The van der Waals surface area contributed by atoms with Crippen LogP contribution in [0.3, 0.4) is 0 Å². The molecule has 0 spiro atoms. The van der Waals surface area contributed by atoms with Gasteiger partial charge in [-0.05, 0) is 31.9 Å². The van der Waals surface area contributed by atoms with Gasteiger partial charge >= 0.3 is 5.97 Å². The molecule has 1 aromatic carbocycles.